The van der Waals surface area contributed by atoms with Crippen molar-refractivity contribution in [1.82, 2.24) is 0 Å². The molecule has 1 amide bonds. The zero-order valence-corrected chi connectivity index (χ0v) is 8.66. The van der Waals surface area contributed by atoms with Gasteiger partial charge in [-0.05, 0) is 18.6 Å². The predicted octanol–water partition coefficient (Wildman–Crippen LogP) is 3.18. The smallest absolute Gasteiger partial charge is 0.411 e. The van der Waals surface area contributed by atoms with Gasteiger partial charge in [0.1, 0.15) is 0 Å². The first kappa shape index (κ1) is 11.4. The van der Waals surface area contributed by atoms with E-state index in [1.165, 1.54) is 12.1 Å². The van der Waals surface area contributed by atoms with Crippen molar-refractivity contribution in [1.29, 1.82) is 0 Å². The minimum absolute atomic E-state index is 0.138. The van der Waals surface area contributed by atoms with E-state index in [1.54, 1.807) is 12.1 Å². The minimum Gasteiger partial charge on any atom is -0.449 e. The number of nitrogens with one attached hydrogen (secondary N) is 1. The number of rotatable bonds is 4. The van der Waals surface area contributed by atoms with Crippen LogP contribution in [0.25, 0.3) is 0 Å². The standard InChI is InChI=1S/C11H14NO3/c1-2-3-7-15-11(14)12-9-5-4-6-10(13)8-9/h4-6,8H,2-3,7H2,1H3,(H,12,14). The van der Waals surface area contributed by atoms with Crippen LogP contribution in [-0.4, -0.2) is 12.7 Å². The Bertz CT molecular complexity index is 325. The van der Waals surface area contributed by atoms with E-state index in [-0.39, 0.29) is 5.75 Å². The van der Waals surface area contributed by atoms with E-state index in [0.29, 0.717) is 12.3 Å². The summed E-state index contributed by atoms with van der Waals surface area (Å²) in [5.74, 6) is -0.138. The molecule has 0 saturated heterocycles. The molecule has 0 aliphatic heterocycles. The molecule has 0 aromatic heterocycles. The average Bonchev–Trinajstić information content (AvgIpc) is 2.18. The van der Waals surface area contributed by atoms with Gasteiger partial charge in [-0.1, -0.05) is 19.4 Å². The third-order valence-electron chi connectivity index (χ3n) is 1.81. The molecule has 15 heavy (non-hydrogen) atoms. The molecule has 0 spiro atoms. The fourth-order valence-corrected chi connectivity index (χ4v) is 1.04. The maximum absolute atomic E-state index is 11.2. The highest BCUT2D eigenvalue weighted by Crippen LogP contribution is 2.16. The monoisotopic (exact) mass is 208 g/mol. The first-order valence-corrected chi connectivity index (χ1v) is 4.93. The van der Waals surface area contributed by atoms with E-state index >= 15 is 0 Å². The third-order valence-corrected chi connectivity index (χ3v) is 1.81. The summed E-state index contributed by atoms with van der Waals surface area (Å²) in [6, 6.07) is 6.00. The van der Waals surface area contributed by atoms with Gasteiger partial charge in [0.2, 0.25) is 0 Å². The lowest BCUT2D eigenvalue weighted by atomic mass is 10.3. The molecular formula is C11H14NO3. The van der Waals surface area contributed by atoms with Gasteiger partial charge >= 0.3 is 6.09 Å². The van der Waals surface area contributed by atoms with E-state index in [0.717, 1.165) is 12.8 Å². The van der Waals surface area contributed by atoms with Gasteiger partial charge in [-0.25, -0.2) is 4.79 Å². The van der Waals surface area contributed by atoms with Gasteiger partial charge in [0.15, 0.2) is 5.75 Å². The van der Waals surface area contributed by atoms with E-state index in [2.05, 4.69) is 5.32 Å². The summed E-state index contributed by atoms with van der Waals surface area (Å²) in [4.78, 5) is 11.2. The van der Waals surface area contributed by atoms with Crippen molar-refractivity contribution >= 4 is 11.8 Å². The number of benzene rings is 1. The maximum atomic E-state index is 11.2. The Hall–Kier alpha value is -1.71. The Kier molecular flexibility index (Phi) is 4.47. The summed E-state index contributed by atoms with van der Waals surface area (Å²) >= 11 is 0. The summed E-state index contributed by atoms with van der Waals surface area (Å²) in [5.41, 5.74) is 0.462. The molecule has 4 nitrogen and oxygen atoms in total. The number of carbonyl (C=O) groups excluding carboxylic acids is 1. The molecule has 81 valence electrons. The van der Waals surface area contributed by atoms with Gasteiger partial charge in [0.05, 0.1) is 6.61 Å². The van der Waals surface area contributed by atoms with E-state index in [9.17, 15) is 9.90 Å². The number of hydrogen-bond acceptors (Lipinski definition) is 2. The molecule has 0 unspecified atom stereocenters. The van der Waals surface area contributed by atoms with Crippen LogP contribution in [0.2, 0.25) is 0 Å². The highest BCUT2D eigenvalue weighted by molar-refractivity contribution is 5.84. The largest absolute Gasteiger partial charge is 0.449 e. The molecule has 0 saturated carbocycles. The van der Waals surface area contributed by atoms with Crippen molar-refractivity contribution in [3.05, 3.63) is 24.3 Å². The molecule has 0 aliphatic carbocycles. The minimum atomic E-state index is -0.519. The Morgan fingerprint density at radius 3 is 2.93 bits per heavy atom. The zero-order chi connectivity index (χ0) is 11.1. The molecule has 1 radical (unpaired) electrons. The van der Waals surface area contributed by atoms with Crippen LogP contribution in [-0.2, 0) is 9.84 Å². The molecule has 4 heteroatoms. The Morgan fingerprint density at radius 1 is 1.47 bits per heavy atom. The molecule has 0 bridgehead atoms. The van der Waals surface area contributed by atoms with Crippen molar-refractivity contribution in [3.8, 4) is 5.75 Å². The van der Waals surface area contributed by atoms with Crippen molar-refractivity contribution in [2.45, 2.75) is 19.8 Å². The zero-order valence-electron chi connectivity index (χ0n) is 8.66. The van der Waals surface area contributed by atoms with Gasteiger partial charge in [-0.15, -0.1) is 0 Å². The number of carbonyl (C=O) groups is 1. The van der Waals surface area contributed by atoms with Gasteiger partial charge in [-0.2, -0.15) is 0 Å². The van der Waals surface area contributed by atoms with E-state index in [1.807, 2.05) is 6.92 Å². The lowest BCUT2D eigenvalue weighted by Gasteiger charge is -2.05. The van der Waals surface area contributed by atoms with Crippen LogP contribution in [0.4, 0.5) is 10.5 Å². The predicted molar refractivity (Wildman–Crippen MR) is 56.5 cm³/mol. The molecule has 0 aliphatic rings. The first-order chi connectivity index (χ1) is 7.22. The summed E-state index contributed by atoms with van der Waals surface area (Å²) < 4.78 is 4.87. The van der Waals surface area contributed by atoms with Crippen LogP contribution in [0.1, 0.15) is 19.8 Å². The molecule has 1 rings (SSSR count). The number of unbranched alkanes of at least 4 members (excludes halogenated alkanes) is 1. The number of hydrogen-bond donors (Lipinski definition) is 1. The topological polar surface area (TPSA) is 58.2 Å². The number of anilines is 1. The second-order valence-corrected chi connectivity index (χ2v) is 3.14. The first-order valence-electron chi connectivity index (χ1n) is 4.93. The molecule has 0 heterocycles. The second-order valence-electron chi connectivity index (χ2n) is 3.14. The number of amides is 1. The number of ether oxygens (including phenoxy) is 1. The quantitative estimate of drug-likeness (QED) is 0.772. The summed E-state index contributed by atoms with van der Waals surface area (Å²) in [7, 11) is 0. The van der Waals surface area contributed by atoms with Crippen LogP contribution in [0.15, 0.2) is 24.3 Å². The van der Waals surface area contributed by atoms with Crippen LogP contribution in [0.5, 0.6) is 5.75 Å². The van der Waals surface area contributed by atoms with Crippen LogP contribution in [0, 0.1) is 0 Å². The molecular weight excluding hydrogens is 194 g/mol. The van der Waals surface area contributed by atoms with Crippen LogP contribution < -0.4 is 5.32 Å². The lowest BCUT2D eigenvalue weighted by molar-refractivity contribution is 0.160. The van der Waals surface area contributed by atoms with Crippen LogP contribution >= 0.6 is 0 Å². The maximum Gasteiger partial charge on any atom is 0.411 e. The van der Waals surface area contributed by atoms with Gasteiger partial charge in [-0.3, -0.25) is 10.4 Å². The molecule has 0 atom stereocenters. The summed E-state index contributed by atoms with van der Waals surface area (Å²) in [6.45, 7) is 2.42. The Balaban J connectivity index is 2.37. The fourth-order valence-electron chi connectivity index (χ4n) is 1.04. The fraction of sp³-hybridized carbons (Fsp3) is 0.364. The Labute approximate surface area is 88.9 Å². The van der Waals surface area contributed by atoms with Gasteiger partial charge in [0, 0.05) is 11.8 Å². The normalized spacial score (nSPS) is 9.67. The molecule has 1 N–H and O–H groups in total. The van der Waals surface area contributed by atoms with Gasteiger partial charge < -0.3 is 4.74 Å². The highest BCUT2D eigenvalue weighted by Gasteiger charge is 2.02. The SMILES string of the molecule is CCCCOC(=O)Nc1cccc([O])c1. The second kappa shape index (κ2) is 5.90. The average molecular weight is 208 g/mol. The lowest BCUT2D eigenvalue weighted by Crippen LogP contribution is -2.14. The van der Waals surface area contributed by atoms with Crippen molar-refractivity contribution in [2.24, 2.45) is 0 Å². The highest BCUT2D eigenvalue weighted by atomic mass is 16.5. The summed E-state index contributed by atoms with van der Waals surface area (Å²) in [5, 5.41) is 13.4. The van der Waals surface area contributed by atoms with Crippen molar-refractivity contribution in [3.63, 3.8) is 0 Å². The molecule has 1 aromatic rings. The van der Waals surface area contributed by atoms with E-state index in [4.69, 9.17) is 4.74 Å². The van der Waals surface area contributed by atoms with Crippen molar-refractivity contribution in [2.75, 3.05) is 11.9 Å². The summed E-state index contributed by atoms with van der Waals surface area (Å²) in [6.07, 6.45) is 1.30. The molecule has 0 fully saturated rings. The van der Waals surface area contributed by atoms with Crippen LogP contribution in [0.3, 0.4) is 0 Å². The van der Waals surface area contributed by atoms with Gasteiger partial charge in [0.25, 0.3) is 0 Å². The third kappa shape index (κ3) is 4.35. The Morgan fingerprint density at radius 2 is 2.27 bits per heavy atom. The van der Waals surface area contributed by atoms with E-state index < -0.39 is 6.09 Å². The molecule has 1 aromatic carbocycles. The van der Waals surface area contributed by atoms with Crippen molar-refractivity contribution < 1.29 is 14.6 Å².